The standard InChI is InChI=1S/C18H23Cl2N5OS/c1-11-3-6-13(7-4-11)24(2)16(26)10-27-18-23-22-17(25(18)21)14-8-5-12(19)9-15(14)20/h5,8-9,11,13H,3-4,6-7,10,21H2,1-2H3. The highest BCUT2D eigenvalue weighted by atomic mass is 35.5. The summed E-state index contributed by atoms with van der Waals surface area (Å²) in [5.41, 5.74) is 0.641. The van der Waals surface area contributed by atoms with Gasteiger partial charge in [0, 0.05) is 23.7 Å². The van der Waals surface area contributed by atoms with Crippen molar-refractivity contribution in [2.45, 2.75) is 43.8 Å². The van der Waals surface area contributed by atoms with E-state index in [9.17, 15) is 4.79 Å². The first-order valence-corrected chi connectivity index (χ1v) is 10.6. The highest BCUT2D eigenvalue weighted by Gasteiger charge is 2.25. The van der Waals surface area contributed by atoms with Crippen LogP contribution in [0.5, 0.6) is 0 Å². The Morgan fingerprint density at radius 2 is 2.00 bits per heavy atom. The molecule has 6 nitrogen and oxygen atoms in total. The third kappa shape index (κ3) is 4.70. The van der Waals surface area contributed by atoms with Gasteiger partial charge in [0.25, 0.3) is 0 Å². The van der Waals surface area contributed by atoms with Crippen LogP contribution in [0.15, 0.2) is 23.4 Å². The first-order chi connectivity index (χ1) is 12.9. The van der Waals surface area contributed by atoms with Crippen LogP contribution in [0.2, 0.25) is 10.0 Å². The van der Waals surface area contributed by atoms with E-state index in [0.717, 1.165) is 18.8 Å². The van der Waals surface area contributed by atoms with Crippen molar-refractivity contribution >= 4 is 40.9 Å². The van der Waals surface area contributed by atoms with E-state index >= 15 is 0 Å². The van der Waals surface area contributed by atoms with Crippen LogP contribution < -0.4 is 5.84 Å². The number of carbonyl (C=O) groups excluding carboxylic acids is 1. The summed E-state index contributed by atoms with van der Waals surface area (Å²) >= 11 is 13.4. The van der Waals surface area contributed by atoms with Gasteiger partial charge < -0.3 is 10.7 Å². The van der Waals surface area contributed by atoms with E-state index in [2.05, 4.69) is 17.1 Å². The summed E-state index contributed by atoms with van der Waals surface area (Å²) in [6.07, 6.45) is 4.50. The Hall–Kier alpha value is -1.44. The molecule has 0 unspecified atom stereocenters. The molecule has 1 aromatic heterocycles. The average molecular weight is 428 g/mol. The normalized spacial score (nSPS) is 19.9. The maximum Gasteiger partial charge on any atom is 0.233 e. The van der Waals surface area contributed by atoms with Crippen LogP contribution in [0.25, 0.3) is 11.4 Å². The molecule has 2 aromatic rings. The van der Waals surface area contributed by atoms with Gasteiger partial charge >= 0.3 is 0 Å². The van der Waals surface area contributed by atoms with E-state index in [1.165, 1.54) is 29.3 Å². The van der Waals surface area contributed by atoms with Gasteiger partial charge in [-0.15, -0.1) is 10.2 Å². The van der Waals surface area contributed by atoms with Crippen LogP contribution >= 0.6 is 35.0 Å². The molecule has 0 aliphatic heterocycles. The molecule has 0 saturated heterocycles. The monoisotopic (exact) mass is 427 g/mol. The Bertz CT molecular complexity index is 820. The molecule has 0 radical (unpaired) electrons. The molecule has 1 fully saturated rings. The SMILES string of the molecule is CC1CCC(N(C)C(=O)CSc2nnc(-c3ccc(Cl)cc3Cl)n2N)CC1. The second-order valence-corrected chi connectivity index (χ2v) is 8.79. The molecule has 27 heavy (non-hydrogen) atoms. The number of carbonyl (C=O) groups is 1. The number of aromatic nitrogens is 3. The predicted molar refractivity (Wildman–Crippen MR) is 111 cm³/mol. The Balaban J connectivity index is 1.63. The molecule has 0 bridgehead atoms. The van der Waals surface area contributed by atoms with Gasteiger partial charge in [-0.25, -0.2) is 4.68 Å². The van der Waals surface area contributed by atoms with E-state index in [0.29, 0.717) is 32.6 Å². The molecular formula is C18H23Cl2N5OS. The number of nitrogen functional groups attached to an aromatic ring is 1. The van der Waals surface area contributed by atoms with Crippen molar-refractivity contribution in [3.63, 3.8) is 0 Å². The van der Waals surface area contributed by atoms with Crippen LogP contribution in [-0.2, 0) is 4.79 Å². The van der Waals surface area contributed by atoms with Crippen molar-refractivity contribution in [2.24, 2.45) is 5.92 Å². The summed E-state index contributed by atoms with van der Waals surface area (Å²) < 4.78 is 1.36. The Morgan fingerprint density at radius 3 is 2.67 bits per heavy atom. The molecular weight excluding hydrogens is 405 g/mol. The molecule has 1 heterocycles. The molecule has 1 aliphatic carbocycles. The topological polar surface area (TPSA) is 77.0 Å². The zero-order valence-corrected chi connectivity index (χ0v) is 17.7. The molecule has 146 valence electrons. The zero-order valence-electron chi connectivity index (χ0n) is 15.4. The van der Waals surface area contributed by atoms with E-state index in [-0.39, 0.29) is 11.7 Å². The number of halogens is 2. The van der Waals surface area contributed by atoms with Crippen molar-refractivity contribution < 1.29 is 4.79 Å². The van der Waals surface area contributed by atoms with Gasteiger partial charge in [-0.1, -0.05) is 41.9 Å². The summed E-state index contributed by atoms with van der Waals surface area (Å²) in [7, 11) is 1.88. The van der Waals surface area contributed by atoms with E-state index in [1.807, 2.05) is 11.9 Å². The van der Waals surface area contributed by atoms with Crippen LogP contribution in [0.3, 0.4) is 0 Å². The first kappa shape index (κ1) is 20.3. The molecule has 1 aromatic carbocycles. The minimum atomic E-state index is 0.0774. The Kier molecular flexibility index (Phi) is 6.55. The fraction of sp³-hybridized carbons (Fsp3) is 0.500. The Labute approximate surface area is 173 Å². The first-order valence-electron chi connectivity index (χ1n) is 8.91. The number of hydrogen-bond donors (Lipinski definition) is 1. The van der Waals surface area contributed by atoms with Crippen LogP contribution in [0.4, 0.5) is 0 Å². The third-order valence-electron chi connectivity index (χ3n) is 5.09. The average Bonchev–Trinajstić information content (AvgIpc) is 3.00. The van der Waals surface area contributed by atoms with Gasteiger partial charge in [0.15, 0.2) is 5.82 Å². The fourth-order valence-electron chi connectivity index (χ4n) is 3.29. The number of amides is 1. The summed E-state index contributed by atoms with van der Waals surface area (Å²) in [5.74, 6) is 7.65. The van der Waals surface area contributed by atoms with Crippen molar-refractivity contribution in [3.05, 3.63) is 28.2 Å². The van der Waals surface area contributed by atoms with E-state index in [1.54, 1.807) is 18.2 Å². The van der Waals surface area contributed by atoms with Crippen molar-refractivity contribution in [1.82, 2.24) is 19.8 Å². The highest BCUT2D eigenvalue weighted by Crippen LogP contribution is 2.31. The molecule has 0 spiro atoms. The van der Waals surface area contributed by atoms with Crippen LogP contribution in [0, 0.1) is 5.92 Å². The molecule has 3 rings (SSSR count). The van der Waals surface area contributed by atoms with Gasteiger partial charge in [0.1, 0.15) is 0 Å². The van der Waals surface area contributed by atoms with Crippen molar-refractivity contribution in [2.75, 3.05) is 18.6 Å². The van der Waals surface area contributed by atoms with Gasteiger partial charge in [-0.2, -0.15) is 0 Å². The molecule has 1 amide bonds. The summed E-state index contributed by atoms with van der Waals surface area (Å²) in [6, 6.07) is 5.42. The van der Waals surface area contributed by atoms with Gasteiger partial charge in [0.05, 0.1) is 10.8 Å². The van der Waals surface area contributed by atoms with E-state index in [4.69, 9.17) is 29.0 Å². The molecule has 2 N–H and O–H groups in total. The lowest BCUT2D eigenvalue weighted by atomic mass is 9.87. The largest absolute Gasteiger partial charge is 0.342 e. The molecule has 1 saturated carbocycles. The minimum Gasteiger partial charge on any atom is -0.342 e. The predicted octanol–water partition coefficient (Wildman–Crippen LogP) is 4.09. The summed E-state index contributed by atoms with van der Waals surface area (Å²) in [5, 5.41) is 9.66. The minimum absolute atomic E-state index is 0.0774. The number of nitrogens with zero attached hydrogens (tertiary/aromatic N) is 4. The van der Waals surface area contributed by atoms with Gasteiger partial charge in [0.2, 0.25) is 11.1 Å². The second-order valence-electron chi connectivity index (χ2n) is 7.01. The quantitative estimate of drug-likeness (QED) is 0.573. The maximum absolute atomic E-state index is 12.5. The smallest absolute Gasteiger partial charge is 0.233 e. The zero-order chi connectivity index (χ0) is 19.6. The lowest BCUT2D eigenvalue weighted by molar-refractivity contribution is -0.129. The molecule has 1 aliphatic rings. The highest BCUT2D eigenvalue weighted by molar-refractivity contribution is 7.99. The lowest BCUT2D eigenvalue weighted by Gasteiger charge is -2.33. The second kappa shape index (κ2) is 8.71. The van der Waals surface area contributed by atoms with Crippen molar-refractivity contribution in [3.8, 4) is 11.4 Å². The summed E-state index contributed by atoms with van der Waals surface area (Å²) in [4.78, 5) is 14.4. The number of hydrogen-bond acceptors (Lipinski definition) is 5. The van der Waals surface area contributed by atoms with Crippen LogP contribution in [-0.4, -0.2) is 44.5 Å². The summed E-state index contributed by atoms with van der Waals surface area (Å²) in [6.45, 7) is 2.27. The number of benzene rings is 1. The van der Waals surface area contributed by atoms with E-state index < -0.39 is 0 Å². The molecule has 0 atom stereocenters. The maximum atomic E-state index is 12.5. The number of thioether (sulfide) groups is 1. The third-order valence-corrected chi connectivity index (χ3v) is 6.56. The van der Waals surface area contributed by atoms with Gasteiger partial charge in [-0.05, 0) is 49.8 Å². The number of nitrogens with two attached hydrogens (primary N) is 1. The fourth-order valence-corrected chi connectivity index (χ4v) is 4.56. The van der Waals surface area contributed by atoms with Crippen LogP contribution in [0.1, 0.15) is 32.6 Å². The molecule has 9 heteroatoms. The van der Waals surface area contributed by atoms with Crippen molar-refractivity contribution in [1.29, 1.82) is 0 Å². The van der Waals surface area contributed by atoms with Gasteiger partial charge in [-0.3, -0.25) is 4.79 Å². The number of rotatable bonds is 5. The lowest BCUT2D eigenvalue weighted by Crippen LogP contribution is -2.40. The Morgan fingerprint density at radius 1 is 1.30 bits per heavy atom.